The van der Waals surface area contributed by atoms with Crippen LogP contribution in [-0.4, -0.2) is 6.04 Å². The zero-order valence-corrected chi connectivity index (χ0v) is 17.8. The molecule has 32 heavy (non-hydrogen) atoms. The summed E-state index contributed by atoms with van der Waals surface area (Å²) in [5.41, 5.74) is 17.0. The van der Waals surface area contributed by atoms with Gasteiger partial charge in [-0.1, -0.05) is 78.9 Å². The Labute approximate surface area is 189 Å². The Morgan fingerprint density at radius 2 is 1.38 bits per heavy atom. The summed E-state index contributed by atoms with van der Waals surface area (Å²) in [5, 5.41) is 0. The molecule has 4 aromatic rings. The van der Waals surface area contributed by atoms with E-state index in [0.717, 1.165) is 23.2 Å². The molecule has 0 fully saturated rings. The van der Waals surface area contributed by atoms with E-state index >= 15 is 0 Å². The second-order valence-corrected chi connectivity index (χ2v) is 8.41. The summed E-state index contributed by atoms with van der Waals surface area (Å²) in [6.07, 6.45) is 7.75. The molecule has 0 aromatic heterocycles. The Morgan fingerprint density at radius 1 is 0.688 bits per heavy atom. The lowest BCUT2D eigenvalue weighted by Gasteiger charge is -2.28. The molecule has 2 heteroatoms. The number of anilines is 3. The minimum absolute atomic E-state index is 0.346. The van der Waals surface area contributed by atoms with Crippen LogP contribution in [0.1, 0.15) is 12.0 Å². The van der Waals surface area contributed by atoms with Crippen molar-refractivity contribution in [2.24, 2.45) is 0 Å². The summed E-state index contributed by atoms with van der Waals surface area (Å²) >= 11 is 0. The Hall–Kier alpha value is -4.04. The summed E-state index contributed by atoms with van der Waals surface area (Å²) in [6.45, 7) is 0. The second kappa shape index (κ2) is 7.58. The van der Waals surface area contributed by atoms with Crippen LogP contribution in [0.25, 0.3) is 27.8 Å². The number of nitrogen functional groups attached to an aromatic ring is 1. The maximum absolute atomic E-state index is 6.34. The molecule has 0 bridgehead atoms. The fraction of sp³-hybridized carbons (Fsp3) is 0.0667. The zero-order valence-electron chi connectivity index (χ0n) is 17.8. The van der Waals surface area contributed by atoms with E-state index in [1.807, 2.05) is 12.1 Å². The van der Waals surface area contributed by atoms with Crippen LogP contribution in [0.2, 0.25) is 0 Å². The number of benzene rings is 4. The molecule has 6 rings (SSSR count). The van der Waals surface area contributed by atoms with Gasteiger partial charge < -0.3 is 10.6 Å². The van der Waals surface area contributed by atoms with E-state index in [0.29, 0.717) is 6.04 Å². The van der Waals surface area contributed by atoms with Crippen molar-refractivity contribution in [1.29, 1.82) is 0 Å². The first-order valence-electron chi connectivity index (χ1n) is 11.1. The Morgan fingerprint density at radius 3 is 2.16 bits per heavy atom. The quantitative estimate of drug-likeness (QED) is 0.354. The SMILES string of the molecule is Nc1ccc(-c2ccc3c(c2)C2=CC=CCC2N3c2ccccc2)cc1-c1ccccc1. The molecule has 0 spiro atoms. The molecule has 0 saturated carbocycles. The van der Waals surface area contributed by atoms with E-state index in [1.54, 1.807) is 0 Å². The number of rotatable bonds is 3. The van der Waals surface area contributed by atoms with Crippen LogP contribution in [0.5, 0.6) is 0 Å². The van der Waals surface area contributed by atoms with Gasteiger partial charge in [0.1, 0.15) is 0 Å². The minimum atomic E-state index is 0.346. The van der Waals surface area contributed by atoms with E-state index in [4.69, 9.17) is 5.73 Å². The van der Waals surface area contributed by atoms with Gasteiger partial charge in [-0.15, -0.1) is 0 Å². The molecule has 0 radical (unpaired) electrons. The van der Waals surface area contributed by atoms with Crippen molar-refractivity contribution in [3.63, 3.8) is 0 Å². The number of fused-ring (bicyclic) bond motifs is 3. The first kappa shape index (κ1) is 18.7. The van der Waals surface area contributed by atoms with Gasteiger partial charge in [-0.05, 0) is 65.1 Å². The minimum Gasteiger partial charge on any atom is -0.398 e. The highest BCUT2D eigenvalue weighted by Crippen LogP contribution is 2.48. The standard InChI is InChI=1S/C30H24N2/c31-28-17-15-22(19-26(28)21-9-3-1-4-10-21)23-16-18-30-27(20-23)25-13-7-8-14-29(25)32(30)24-11-5-2-6-12-24/h1-13,15-20,29H,14,31H2. The van der Waals surface area contributed by atoms with Gasteiger partial charge in [0.25, 0.3) is 0 Å². The number of allylic oxidation sites excluding steroid dienone is 2. The van der Waals surface area contributed by atoms with Gasteiger partial charge >= 0.3 is 0 Å². The van der Waals surface area contributed by atoms with Crippen molar-refractivity contribution >= 4 is 22.6 Å². The smallest absolute Gasteiger partial charge is 0.0632 e. The predicted octanol–water partition coefficient (Wildman–Crippen LogP) is 7.47. The molecule has 1 heterocycles. The van der Waals surface area contributed by atoms with Crippen LogP contribution >= 0.6 is 0 Å². The highest BCUT2D eigenvalue weighted by molar-refractivity contribution is 5.95. The largest absolute Gasteiger partial charge is 0.398 e. The molecule has 0 saturated heterocycles. The first-order chi connectivity index (χ1) is 15.8. The van der Waals surface area contributed by atoms with Crippen LogP contribution < -0.4 is 10.6 Å². The monoisotopic (exact) mass is 412 g/mol. The third kappa shape index (κ3) is 3.04. The molecule has 2 N–H and O–H groups in total. The Balaban J connectivity index is 1.47. The van der Waals surface area contributed by atoms with E-state index in [2.05, 4.69) is 108 Å². The molecular weight excluding hydrogens is 388 g/mol. The normalized spacial score (nSPS) is 16.4. The van der Waals surface area contributed by atoms with E-state index in [-0.39, 0.29) is 0 Å². The van der Waals surface area contributed by atoms with Crippen molar-refractivity contribution in [3.05, 3.63) is 121 Å². The number of nitrogens with two attached hydrogens (primary N) is 1. The maximum Gasteiger partial charge on any atom is 0.0632 e. The van der Waals surface area contributed by atoms with Gasteiger partial charge in [0.15, 0.2) is 0 Å². The number of hydrogen-bond acceptors (Lipinski definition) is 2. The molecular formula is C30H24N2. The fourth-order valence-corrected chi connectivity index (χ4v) is 4.97. The highest BCUT2D eigenvalue weighted by Gasteiger charge is 2.34. The fourth-order valence-electron chi connectivity index (χ4n) is 4.97. The molecule has 1 atom stereocenters. The number of nitrogens with zero attached hydrogens (tertiary/aromatic N) is 1. The predicted molar refractivity (Wildman–Crippen MR) is 136 cm³/mol. The van der Waals surface area contributed by atoms with Gasteiger partial charge in [0.05, 0.1) is 6.04 Å². The average Bonchev–Trinajstić information content (AvgIpc) is 3.19. The van der Waals surface area contributed by atoms with Gasteiger partial charge in [-0.2, -0.15) is 0 Å². The van der Waals surface area contributed by atoms with Crippen molar-refractivity contribution < 1.29 is 0 Å². The van der Waals surface area contributed by atoms with Crippen LogP contribution in [0, 0.1) is 0 Å². The Bertz CT molecular complexity index is 1350. The van der Waals surface area contributed by atoms with Crippen molar-refractivity contribution in [2.75, 3.05) is 10.6 Å². The topological polar surface area (TPSA) is 29.3 Å². The van der Waals surface area contributed by atoms with Crippen molar-refractivity contribution in [2.45, 2.75) is 12.5 Å². The molecule has 1 aliphatic carbocycles. The molecule has 154 valence electrons. The third-order valence-electron chi connectivity index (χ3n) is 6.51. The highest BCUT2D eigenvalue weighted by atomic mass is 15.2. The first-order valence-corrected chi connectivity index (χ1v) is 11.1. The van der Waals surface area contributed by atoms with Gasteiger partial charge in [-0.3, -0.25) is 0 Å². The summed E-state index contributed by atoms with van der Waals surface area (Å²) in [4.78, 5) is 2.48. The maximum atomic E-state index is 6.34. The van der Waals surface area contributed by atoms with Gasteiger partial charge in [-0.25, -0.2) is 0 Å². The summed E-state index contributed by atoms with van der Waals surface area (Å²) in [5.74, 6) is 0. The average molecular weight is 413 g/mol. The van der Waals surface area contributed by atoms with Crippen LogP contribution in [0.3, 0.4) is 0 Å². The lowest BCUT2D eigenvalue weighted by atomic mass is 9.92. The number of hydrogen-bond donors (Lipinski definition) is 1. The summed E-state index contributed by atoms with van der Waals surface area (Å²) in [6, 6.07) is 34.6. The van der Waals surface area contributed by atoms with Gasteiger partial charge in [0, 0.05) is 28.2 Å². The van der Waals surface area contributed by atoms with Gasteiger partial charge in [0.2, 0.25) is 0 Å². The molecule has 0 amide bonds. The molecule has 2 aliphatic rings. The molecule has 1 unspecified atom stereocenters. The lowest BCUT2D eigenvalue weighted by Crippen LogP contribution is -2.26. The lowest BCUT2D eigenvalue weighted by molar-refractivity contribution is 0.829. The number of para-hydroxylation sites is 1. The van der Waals surface area contributed by atoms with E-state index in [9.17, 15) is 0 Å². The Kier molecular flexibility index (Phi) is 4.43. The zero-order chi connectivity index (χ0) is 21.5. The molecule has 1 aliphatic heterocycles. The summed E-state index contributed by atoms with van der Waals surface area (Å²) < 4.78 is 0. The third-order valence-corrected chi connectivity index (χ3v) is 6.51. The van der Waals surface area contributed by atoms with Crippen LogP contribution in [-0.2, 0) is 0 Å². The van der Waals surface area contributed by atoms with Crippen LogP contribution in [0.15, 0.2) is 115 Å². The van der Waals surface area contributed by atoms with E-state index in [1.165, 1.54) is 33.6 Å². The molecule has 4 aromatic carbocycles. The molecule has 2 nitrogen and oxygen atoms in total. The van der Waals surface area contributed by atoms with E-state index < -0.39 is 0 Å². The van der Waals surface area contributed by atoms with Crippen molar-refractivity contribution in [3.8, 4) is 22.3 Å². The van der Waals surface area contributed by atoms with Crippen LogP contribution in [0.4, 0.5) is 17.1 Å². The summed E-state index contributed by atoms with van der Waals surface area (Å²) in [7, 11) is 0. The second-order valence-electron chi connectivity index (χ2n) is 8.41. The van der Waals surface area contributed by atoms with Crippen molar-refractivity contribution in [1.82, 2.24) is 0 Å².